The summed E-state index contributed by atoms with van der Waals surface area (Å²) in [5.41, 5.74) is 6.39. The maximum atomic E-state index is 6.20. The molecule has 0 saturated heterocycles. The third-order valence-corrected chi connectivity index (χ3v) is 6.06. The number of para-hydroxylation sites is 1. The fourth-order valence-corrected chi connectivity index (χ4v) is 4.45. The molecule has 5 aromatic rings. The van der Waals surface area contributed by atoms with Crippen LogP contribution in [0.1, 0.15) is 32.1 Å². The van der Waals surface area contributed by atoms with E-state index in [2.05, 4.69) is 38.4 Å². The van der Waals surface area contributed by atoms with Crippen LogP contribution in [0.5, 0.6) is 5.75 Å². The lowest BCUT2D eigenvalue weighted by Crippen LogP contribution is -2.19. The summed E-state index contributed by atoms with van der Waals surface area (Å²) >= 11 is 0. The van der Waals surface area contributed by atoms with Gasteiger partial charge in [-0.2, -0.15) is 5.10 Å². The molecule has 154 valence electrons. The summed E-state index contributed by atoms with van der Waals surface area (Å²) in [6.07, 6.45) is 9.97. The molecule has 1 saturated carbocycles. The number of nitrogens with one attached hydrogen (secondary N) is 2. The number of benzene rings is 1. The quantitative estimate of drug-likeness (QED) is 0.388. The molecule has 1 aliphatic rings. The van der Waals surface area contributed by atoms with Gasteiger partial charge >= 0.3 is 0 Å². The topological polar surface area (TPSA) is 79.5 Å². The average molecular weight is 409 g/mol. The first-order valence-corrected chi connectivity index (χ1v) is 10.9. The standard InChI is InChI=1S/C25H23N5O/c1-2-7-18(8-3-1)31-19-12-17(14-26-15-19)21-10-11-22-24(28-21)25(30-29-22)23-13-16-6-4-5-9-20(16)27-23/h4-6,9-15,18,27H,1-3,7-8H2,(H,29,30). The van der Waals surface area contributed by atoms with E-state index in [-0.39, 0.29) is 0 Å². The lowest BCUT2D eigenvalue weighted by molar-refractivity contribution is 0.154. The summed E-state index contributed by atoms with van der Waals surface area (Å²) in [6, 6.07) is 16.4. The number of hydrogen-bond donors (Lipinski definition) is 2. The van der Waals surface area contributed by atoms with Gasteiger partial charge in [-0.05, 0) is 56.0 Å². The second-order valence-corrected chi connectivity index (χ2v) is 8.22. The van der Waals surface area contributed by atoms with Crippen LogP contribution in [-0.2, 0) is 0 Å². The highest BCUT2D eigenvalue weighted by atomic mass is 16.5. The van der Waals surface area contributed by atoms with E-state index in [9.17, 15) is 0 Å². The molecule has 0 unspecified atom stereocenters. The summed E-state index contributed by atoms with van der Waals surface area (Å²) < 4.78 is 6.20. The van der Waals surface area contributed by atoms with Gasteiger partial charge in [-0.25, -0.2) is 4.98 Å². The van der Waals surface area contributed by atoms with Crippen molar-refractivity contribution in [3.63, 3.8) is 0 Å². The van der Waals surface area contributed by atoms with Crippen molar-refractivity contribution in [1.29, 1.82) is 0 Å². The largest absolute Gasteiger partial charge is 0.489 e. The van der Waals surface area contributed by atoms with Crippen molar-refractivity contribution < 1.29 is 4.74 Å². The average Bonchev–Trinajstić information content (AvgIpc) is 3.43. The predicted octanol–water partition coefficient (Wildman–Crippen LogP) is 5.88. The van der Waals surface area contributed by atoms with E-state index in [1.54, 1.807) is 6.20 Å². The van der Waals surface area contributed by atoms with Crippen molar-refractivity contribution in [2.45, 2.75) is 38.2 Å². The number of pyridine rings is 2. The molecule has 0 spiro atoms. The Balaban J connectivity index is 1.36. The molecular formula is C25H23N5O. The number of rotatable bonds is 4. The molecule has 0 atom stereocenters. The number of fused-ring (bicyclic) bond motifs is 2. The van der Waals surface area contributed by atoms with Crippen LogP contribution >= 0.6 is 0 Å². The second kappa shape index (κ2) is 7.54. The van der Waals surface area contributed by atoms with E-state index in [1.807, 2.05) is 36.5 Å². The third kappa shape index (κ3) is 3.44. The van der Waals surface area contributed by atoms with Gasteiger partial charge in [0, 0.05) is 22.7 Å². The van der Waals surface area contributed by atoms with Gasteiger partial charge in [-0.15, -0.1) is 0 Å². The molecule has 0 bridgehead atoms. The Kier molecular flexibility index (Phi) is 4.41. The Morgan fingerprint density at radius 3 is 2.71 bits per heavy atom. The van der Waals surface area contributed by atoms with E-state index in [1.165, 1.54) is 19.3 Å². The zero-order chi connectivity index (χ0) is 20.6. The SMILES string of the molecule is c1ccc2[nH]c(-c3n[nH]c4ccc(-c5cncc(OC6CCCCC6)c5)nc34)cc2c1. The van der Waals surface area contributed by atoms with Gasteiger partial charge in [0.2, 0.25) is 0 Å². The molecular weight excluding hydrogens is 386 g/mol. The molecule has 0 radical (unpaired) electrons. The minimum absolute atomic E-state index is 0.295. The van der Waals surface area contributed by atoms with Crippen molar-refractivity contribution in [2.75, 3.05) is 0 Å². The summed E-state index contributed by atoms with van der Waals surface area (Å²) in [4.78, 5) is 12.8. The fraction of sp³-hybridized carbons (Fsp3) is 0.240. The summed E-state index contributed by atoms with van der Waals surface area (Å²) in [6.45, 7) is 0. The van der Waals surface area contributed by atoms with E-state index in [0.29, 0.717) is 6.10 Å². The van der Waals surface area contributed by atoms with Crippen molar-refractivity contribution in [3.8, 4) is 28.4 Å². The maximum Gasteiger partial charge on any atom is 0.138 e. The van der Waals surface area contributed by atoms with Crippen LogP contribution in [0.15, 0.2) is 60.9 Å². The monoisotopic (exact) mass is 409 g/mol. The van der Waals surface area contributed by atoms with E-state index in [0.717, 1.165) is 63.2 Å². The van der Waals surface area contributed by atoms with Crippen LogP contribution in [0.25, 0.3) is 44.6 Å². The van der Waals surface area contributed by atoms with Crippen LogP contribution < -0.4 is 4.74 Å². The maximum absolute atomic E-state index is 6.20. The Morgan fingerprint density at radius 2 is 1.81 bits per heavy atom. The zero-order valence-electron chi connectivity index (χ0n) is 17.1. The van der Waals surface area contributed by atoms with Gasteiger partial charge in [0.15, 0.2) is 0 Å². The van der Waals surface area contributed by atoms with Crippen molar-refractivity contribution >= 4 is 21.9 Å². The van der Waals surface area contributed by atoms with Crippen LogP contribution in [0.2, 0.25) is 0 Å². The molecule has 2 N–H and O–H groups in total. The summed E-state index contributed by atoms with van der Waals surface area (Å²) in [5, 5.41) is 8.79. The number of aromatic amines is 2. The number of ether oxygens (including phenoxy) is 1. The fourth-order valence-electron chi connectivity index (χ4n) is 4.45. The molecule has 0 amide bonds. The van der Waals surface area contributed by atoms with Gasteiger partial charge < -0.3 is 9.72 Å². The summed E-state index contributed by atoms with van der Waals surface area (Å²) in [5.74, 6) is 0.814. The van der Waals surface area contributed by atoms with Gasteiger partial charge in [-0.1, -0.05) is 24.6 Å². The van der Waals surface area contributed by atoms with E-state index in [4.69, 9.17) is 9.72 Å². The minimum Gasteiger partial charge on any atom is -0.489 e. The molecule has 4 aromatic heterocycles. The minimum atomic E-state index is 0.295. The second-order valence-electron chi connectivity index (χ2n) is 8.22. The molecule has 31 heavy (non-hydrogen) atoms. The molecule has 0 aliphatic heterocycles. The van der Waals surface area contributed by atoms with Crippen molar-refractivity contribution in [1.82, 2.24) is 25.1 Å². The normalized spacial score (nSPS) is 15.0. The first-order chi connectivity index (χ1) is 15.3. The first kappa shape index (κ1) is 18.1. The van der Waals surface area contributed by atoms with Gasteiger partial charge in [0.25, 0.3) is 0 Å². The number of H-pyrrole nitrogens is 2. The van der Waals surface area contributed by atoms with E-state index < -0.39 is 0 Å². The van der Waals surface area contributed by atoms with Crippen LogP contribution in [0.3, 0.4) is 0 Å². The van der Waals surface area contributed by atoms with Gasteiger partial charge in [-0.3, -0.25) is 10.1 Å². The number of hydrogen-bond acceptors (Lipinski definition) is 4. The Morgan fingerprint density at radius 1 is 0.903 bits per heavy atom. The number of aromatic nitrogens is 5. The summed E-state index contributed by atoms with van der Waals surface area (Å²) in [7, 11) is 0. The first-order valence-electron chi connectivity index (χ1n) is 10.9. The van der Waals surface area contributed by atoms with Crippen LogP contribution in [-0.4, -0.2) is 31.3 Å². The van der Waals surface area contributed by atoms with Crippen LogP contribution in [0, 0.1) is 0 Å². The molecule has 4 heterocycles. The molecule has 6 heteroatoms. The highest BCUT2D eigenvalue weighted by molar-refractivity contribution is 5.94. The van der Waals surface area contributed by atoms with Crippen molar-refractivity contribution in [2.24, 2.45) is 0 Å². The van der Waals surface area contributed by atoms with Crippen LogP contribution in [0.4, 0.5) is 0 Å². The van der Waals surface area contributed by atoms with Crippen molar-refractivity contribution in [3.05, 3.63) is 60.9 Å². The van der Waals surface area contributed by atoms with E-state index >= 15 is 0 Å². The highest BCUT2D eigenvalue weighted by Gasteiger charge is 2.16. The lowest BCUT2D eigenvalue weighted by Gasteiger charge is -2.22. The number of nitrogens with zero attached hydrogens (tertiary/aromatic N) is 3. The molecule has 1 fully saturated rings. The van der Waals surface area contributed by atoms with Gasteiger partial charge in [0.1, 0.15) is 17.0 Å². The third-order valence-electron chi connectivity index (χ3n) is 6.06. The smallest absolute Gasteiger partial charge is 0.138 e. The Bertz CT molecular complexity index is 1330. The Labute approximate surface area is 179 Å². The molecule has 1 aliphatic carbocycles. The molecule has 1 aromatic carbocycles. The predicted molar refractivity (Wildman–Crippen MR) is 122 cm³/mol. The highest BCUT2D eigenvalue weighted by Crippen LogP contribution is 2.31. The molecule has 6 rings (SSSR count). The lowest BCUT2D eigenvalue weighted by atomic mass is 9.98. The van der Waals surface area contributed by atoms with Gasteiger partial charge in [0.05, 0.1) is 29.2 Å². The Hall–Kier alpha value is -3.67. The molecule has 6 nitrogen and oxygen atoms in total. The zero-order valence-corrected chi connectivity index (χ0v) is 17.1.